The van der Waals surface area contributed by atoms with Gasteiger partial charge in [-0.2, -0.15) is 13.2 Å². The maximum absolute atomic E-state index is 12.0. The number of alkyl halides is 3. The molecule has 1 aromatic rings. The van der Waals surface area contributed by atoms with E-state index < -0.39 is 11.9 Å². The van der Waals surface area contributed by atoms with Crippen LogP contribution in [0.3, 0.4) is 0 Å². The maximum atomic E-state index is 12.0. The third kappa shape index (κ3) is 6.05. The van der Waals surface area contributed by atoms with E-state index >= 15 is 0 Å². The Hall–Kier alpha value is -1.38. The van der Waals surface area contributed by atoms with Crippen LogP contribution in [0.5, 0.6) is 0 Å². The van der Waals surface area contributed by atoms with E-state index in [4.69, 9.17) is 5.73 Å². The fourth-order valence-electron chi connectivity index (χ4n) is 0.636. The lowest BCUT2D eigenvalue weighted by Crippen LogP contribution is -2.11. The monoisotopic (exact) mass is 315 g/mol. The van der Waals surface area contributed by atoms with Crippen LogP contribution in [0, 0.1) is 0 Å². The minimum atomic E-state index is -4.53. The van der Waals surface area contributed by atoms with Crippen LogP contribution in [0.15, 0.2) is 10.8 Å². The molecule has 0 saturated carbocycles. The van der Waals surface area contributed by atoms with E-state index in [1.54, 1.807) is 6.92 Å². The largest absolute Gasteiger partial charge is 0.468 e. The van der Waals surface area contributed by atoms with Gasteiger partial charge in [0.15, 0.2) is 5.69 Å². The van der Waals surface area contributed by atoms with Gasteiger partial charge in [0.1, 0.15) is 10.4 Å². The molecule has 0 bridgehead atoms. The molecule has 1 heterocycles. The fourth-order valence-corrected chi connectivity index (χ4v) is 1.05. The minimum absolute atomic E-state index is 0.259. The Kier molecular flexibility index (Phi) is 6.47. The van der Waals surface area contributed by atoms with Gasteiger partial charge in [-0.15, -0.1) is 0 Å². The van der Waals surface area contributed by atoms with Gasteiger partial charge >= 0.3 is 6.18 Å². The smallest absolute Gasteiger partial charge is 0.436 e. The van der Waals surface area contributed by atoms with Crippen LogP contribution in [-0.2, 0) is 15.7 Å². The number of rotatable bonds is 2. The highest BCUT2D eigenvalue weighted by Gasteiger charge is 2.35. The molecule has 96 valence electrons. The highest BCUT2D eigenvalue weighted by molar-refractivity contribution is 9.10. The molecular formula is C8H9BrF3N3O2. The van der Waals surface area contributed by atoms with E-state index in [0.29, 0.717) is 13.1 Å². The van der Waals surface area contributed by atoms with Crippen molar-refractivity contribution in [2.24, 2.45) is 0 Å². The normalized spacial score (nSPS) is 10.2. The predicted octanol–water partition coefficient (Wildman–Crippen LogP) is 2.02. The Morgan fingerprint density at radius 3 is 2.47 bits per heavy atom. The van der Waals surface area contributed by atoms with Crippen molar-refractivity contribution in [1.82, 2.24) is 9.97 Å². The Bertz CT molecular complexity index is 374. The zero-order valence-corrected chi connectivity index (χ0v) is 10.2. The summed E-state index contributed by atoms with van der Waals surface area (Å²) in [5, 5.41) is 0. The molecule has 0 aliphatic carbocycles. The highest BCUT2D eigenvalue weighted by atomic mass is 79.9. The molecule has 0 fully saturated rings. The number of carbonyl (C=O) groups is 1. The summed E-state index contributed by atoms with van der Waals surface area (Å²) in [5.41, 5.74) is 3.92. The molecule has 0 saturated heterocycles. The van der Waals surface area contributed by atoms with Crippen molar-refractivity contribution >= 4 is 28.2 Å². The first kappa shape index (κ1) is 15.6. The Labute approximate surface area is 103 Å². The van der Waals surface area contributed by atoms with E-state index in [2.05, 4.69) is 30.6 Å². The summed E-state index contributed by atoms with van der Waals surface area (Å²) < 4.78 is 39.9. The highest BCUT2D eigenvalue weighted by Crippen LogP contribution is 2.32. The van der Waals surface area contributed by atoms with Crippen LogP contribution in [0.25, 0.3) is 0 Å². The number of ether oxygens (including phenoxy) is 1. The van der Waals surface area contributed by atoms with Crippen molar-refractivity contribution in [2.75, 3.05) is 12.3 Å². The maximum Gasteiger partial charge on any atom is 0.436 e. The molecule has 0 atom stereocenters. The van der Waals surface area contributed by atoms with Crippen molar-refractivity contribution in [2.45, 2.75) is 13.1 Å². The quantitative estimate of drug-likeness (QED) is 0.845. The van der Waals surface area contributed by atoms with E-state index in [-0.39, 0.29) is 10.4 Å². The lowest BCUT2D eigenvalue weighted by Gasteiger charge is -2.06. The van der Waals surface area contributed by atoms with Crippen molar-refractivity contribution < 1.29 is 22.7 Å². The van der Waals surface area contributed by atoms with Crippen LogP contribution in [-0.4, -0.2) is 23.0 Å². The van der Waals surface area contributed by atoms with Gasteiger partial charge in [0.2, 0.25) is 0 Å². The topological polar surface area (TPSA) is 78.1 Å². The molecule has 1 rings (SSSR count). The SMILES string of the molecule is CCOC=O.Nc1cnc(Br)c(C(F)(F)F)n1. The average Bonchev–Trinajstić information content (AvgIpc) is 2.22. The number of nitrogens with two attached hydrogens (primary N) is 1. The molecule has 0 aliphatic rings. The Balaban J connectivity index is 0.000000437. The number of nitrogens with zero attached hydrogens (tertiary/aromatic N) is 2. The van der Waals surface area contributed by atoms with Crippen LogP contribution >= 0.6 is 15.9 Å². The zero-order chi connectivity index (χ0) is 13.5. The summed E-state index contributed by atoms with van der Waals surface area (Å²) in [7, 11) is 0. The molecule has 0 radical (unpaired) electrons. The summed E-state index contributed by atoms with van der Waals surface area (Å²) >= 11 is 2.62. The lowest BCUT2D eigenvalue weighted by atomic mass is 10.4. The fraction of sp³-hybridized carbons (Fsp3) is 0.375. The van der Waals surface area contributed by atoms with Gasteiger partial charge in [-0.1, -0.05) is 0 Å². The first-order valence-electron chi connectivity index (χ1n) is 4.23. The number of anilines is 1. The first-order chi connectivity index (χ1) is 7.82. The van der Waals surface area contributed by atoms with Gasteiger partial charge in [-0.05, 0) is 22.9 Å². The molecule has 17 heavy (non-hydrogen) atoms. The number of nitrogen functional groups attached to an aromatic ring is 1. The van der Waals surface area contributed by atoms with Crippen molar-refractivity contribution in [3.8, 4) is 0 Å². The van der Waals surface area contributed by atoms with Crippen LogP contribution in [0.2, 0.25) is 0 Å². The summed E-state index contributed by atoms with van der Waals surface area (Å²) in [4.78, 5) is 15.6. The van der Waals surface area contributed by atoms with Gasteiger partial charge < -0.3 is 10.5 Å². The molecule has 0 unspecified atom stereocenters. The van der Waals surface area contributed by atoms with E-state index in [0.717, 1.165) is 6.20 Å². The van der Waals surface area contributed by atoms with Gasteiger partial charge in [-0.25, -0.2) is 9.97 Å². The predicted molar refractivity (Wildman–Crippen MR) is 56.8 cm³/mol. The van der Waals surface area contributed by atoms with Gasteiger partial charge in [0.25, 0.3) is 6.47 Å². The molecule has 9 heteroatoms. The molecular weight excluding hydrogens is 307 g/mol. The number of halogens is 4. The second-order valence-corrected chi connectivity index (χ2v) is 3.23. The summed E-state index contributed by atoms with van der Waals surface area (Å²) in [5.74, 6) is -0.259. The number of hydrogen-bond acceptors (Lipinski definition) is 5. The van der Waals surface area contributed by atoms with Gasteiger partial charge in [0.05, 0.1) is 12.8 Å². The number of aromatic nitrogens is 2. The molecule has 0 aromatic carbocycles. The van der Waals surface area contributed by atoms with E-state index in [9.17, 15) is 18.0 Å². The molecule has 0 amide bonds. The van der Waals surface area contributed by atoms with Crippen LogP contribution in [0.1, 0.15) is 12.6 Å². The molecule has 2 N–H and O–H groups in total. The average molecular weight is 316 g/mol. The Morgan fingerprint density at radius 1 is 1.59 bits per heavy atom. The standard InChI is InChI=1S/C5H3BrF3N3.C3H6O2/c6-4-3(5(7,8)9)12-2(10)1-11-4;1-2-5-3-4/h1H,(H2,10,12);3H,2H2,1H3. The number of hydrogen-bond donors (Lipinski definition) is 1. The van der Waals surface area contributed by atoms with Crippen molar-refractivity contribution in [3.63, 3.8) is 0 Å². The number of carbonyl (C=O) groups excluding carboxylic acids is 1. The molecule has 0 spiro atoms. The third-order valence-corrected chi connectivity index (χ3v) is 1.83. The van der Waals surface area contributed by atoms with Gasteiger partial charge in [0, 0.05) is 0 Å². The van der Waals surface area contributed by atoms with E-state index in [1.807, 2.05) is 0 Å². The molecule has 1 aromatic heterocycles. The molecule has 0 aliphatic heterocycles. The third-order valence-electron chi connectivity index (χ3n) is 1.25. The van der Waals surface area contributed by atoms with Crippen molar-refractivity contribution in [3.05, 3.63) is 16.5 Å². The minimum Gasteiger partial charge on any atom is -0.468 e. The van der Waals surface area contributed by atoms with Crippen LogP contribution in [0.4, 0.5) is 19.0 Å². The van der Waals surface area contributed by atoms with E-state index in [1.165, 1.54) is 0 Å². The summed E-state index contributed by atoms with van der Waals surface area (Å²) in [6, 6.07) is 0. The Morgan fingerprint density at radius 2 is 2.18 bits per heavy atom. The second kappa shape index (κ2) is 7.05. The summed E-state index contributed by atoms with van der Waals surface area (Å²) in [6.45, 7) is 2.66. The van der Waals surface area contributed by atoms with Crippen LogP contribution < -0.4 is 5.73 Å². The lowest BCUT2D eigenvalue weighted by molar-refractivity contribution is -0.142. The summed E-state index contributed by atoms with van der Waals surface area (Å²) in [6.07, 6.45) is -3.49. The second-order valence-electron chi connectivity index (χ2n) is 2.48. The van der Waals surface area contributed by atoms with Crippen molar-refractivity contribution in [1.29, 1.82) is 0 Å². The zero-order valence-electron chi connectivity index (χ0n) is 8.66. The first-order valence-corrected chi connectivity index (χ1v) is 5.02. The molecule has 5 nitrogen and oxygen atoms in total. The van der Waals surface area contributed by atoms with Gasteiger partial charge in [-0.3, -0.25) is 4.79 Å².